The van der Waals surface area contributed by atoms with Gasteiger partial charge in [0.1, 0.15) is 29.9 Å². The van der Waals surface area contributed by atoms with Gasteiger partial charge in [-0.3, -0.25) is 0 Å². The van der Waals surface area contributed by atoms with Crippen LogP contribution in [0.15, 0.2) is 61.2 Å². The zero-order chi connectivity index (χ0) is 15.6. The monoisotopic (exact) mass is 301 g/mol. The molecule has 0 aliphatic rings. The molecular formula is C16H13F2N3O. The van der Waals surface area contributed by atoms with Crippen LogP contribution in [-0.2, 0) is 12.1 Å². The average molecular weight is 301 g/mol. The maximum Gasteiger partial charge on any atom is 0.140 e. The van der Waals surface area contributed by atoms with Crippen LogP contribution in [0.3, 0.4) is 0 Å². The van der Waals surface area contributed by atoms with E-state index < -0.39 is 17.2 Å². The normalized spacial score (nSPS) is 11.6. The van der Waals surface area contributed by atoms with Crippen LogP contribution in [0.5, 0.6) is 0 Å². The minimum absolute atomic E-state index is 0.0180. The maximum atomic E-state index is 14.2. The van der Waals surface area contributed by atoms with E-state index in [0.29, 0.717) is 0 Å². The van der Waals surface area contributed by atoms with Crippen molar-refractivity contribution >= 4 is 0 Å². The summed E-state index contributed by atoms with van der Waals surface area (Å²) in [6.07, 6.45) is 2.68. The quantitative estimate of drug-likeness (QED) is 0.805. The molecule has 0 aliphatic heterocycles. The van der Waals surface area contributed by atoms with Gasteiger partial charge >= 0.3 is 0 Å². The molecular weight excluding hydrogens is 288 g/mol. The van der Waals surface area contributed by atoms with Crippen LogP contribution >= 0.6 is 0 Å². The highest BCUT2D eigenvalue weighted by molar-refractivity contribution is 5.37. The predicted molar refractivity (Wildman–Crippen MR) is 75.8 cm³/mol. The molecule has 1 heterocycles. The van der Waals surface area contributed by atoms with Crippen LogP contribution in [0.25, 0.3) is 0 Å². The van der Waals surface area contributed by atoms with E-state index in [2.05, 4.69) is 10.1 Å². The number of aromatic nitrogens is 3. The first-order chi connectivity index (χ1) is 10.6. The first-order valence-electron chi connectivity index (χ1n) is 6.66. The van der Waals surface area contributed by atoms with Gasteiger partial charge in [0.05, 0.1) is 6.54 Å². The third kappa shape index (κ3) is 2.48. The maximum absolute atomic E-state index is 14.2. The Bertz CT molecular complexity index is 729. The Morgan fingerprint density at radius 3 is 1.95 bits per heavy atom. The van der Waals surface area contributed by atoms with Gasteiger partial charge in [0.15, 0.2) is 0 Å². The molecule has 0 radical (unpaired) electrons. The highest BCUT2D eigenvalue weighted by Gasteiger charge is 2.37. The Morgan fingerprint density at radius 2 is 1.50 bits per heavy atom. The molecule has 0 spiro atoms. The summed E-state index contributed by atoms with van der Waals surface area (Å²) in [6.45, 7) is -0.158. The molecule has 0 bridgehead atoms. The van der Waals surface area contributed by atoms with E-state index in [9.17, 15) is 13.9 Å². The molecule has 3 rings (SSSR count). The van der Waals surface area contributed by atoms with Crippen molar-refractivity contribution in [3.63, 3.8) is 0 Å². The first-order valence-corrected chi connectivity index (χ1v) is 6.66. The van der Waals surface area contributed by atoms with Gasteiger partial charge < -0.3 is 5.11 Å². The average Bonchev–Trinajstić information content (AvgIpc) is 3.00. The lowest BCUT2D eigenvalue weighted by Crippen LogP contribution is -2.35. The molecule has 3 aromatic rings. The van der Waals surface area contributed by atoms with Gasteiger partial charge in [-0.15, -0.1) is 0 Å². The van der Waals surface area contributed by atoms with E-state index in [0.717, 1.165) is 0 Å². The summed E-state index contributed by atoms with van der Waals surface area (Å²) in [6, 6.07) is 11.5. The van der Waals surface area contributed by atoms with E-state index >= 15 is 0 Å². The van der Waals surface area contributed by atoms with Gasteiger partial charge in [-0.1, -0.05) is 36.4 Å². The number of hydrogen-bond donors (Lipinski definition) is 1. The van der Waals surface area contributed by atoms with E-state index in [1.807, 2.05) is 0 Å². The fourth-order valence-corrected chi connectivity index (χ4v) is 2.46. The Morgan fingerprint density at radius 1 is 0.955 bits per heavy atom. The number of nitrogens with zero attached hydrogens (tertiary/aromatic N) is 3. The molecule has 1 N–H and O–H groups in total. The van der Waals surface area contributed by atoms with Crippen molar-refractivity contribution in [3.8, 4) is 0 Å². The molecule has 1 aromatic heterocycles. The fourth-order valence-electron chi connectivity index (χ4n) is 2.46. The molecule has 0 saturated carbocycles. The second kappa shape index (κ2) is 5.65. The molecule has 0 fully saturated rings. The van der Waals surface area contributed by atoms with Crippen molar-refractivity contribution in [1.29, 1.82) is 0 Å². The van der Waals surface area contributed by atoms with E-state index in [4.69, 9.17) is 0 Å². The number of aliphatic hydroxyl groups is 1. The largest absolute Gasteiger partial charge is 0.378 e. The van der Waals surface area contributed by atoms with Gasteiger partial charge in [-0.2, -0.15) is 5.10 Å². The van der Waals surface area contributed by atoms with E-state index in [1.165, 1.54) is 53.7 Å². The number of rotatable bonds is 4. The van der Waals surface area contributed by atoms with Crippen LogP contribution in [-0.4, -0.2) is 19.9 Å². The lowest BCUT2D eigenvalue weighted by molar-refractivity contribution is 0.0500. The van der Waals surface area contributed by atoms with Gasteiger partial charge in [-0.25, -0.2) is 18.4 Å². The van der Waals surface area contributed by atoms with Crippen LogP contribution < -0.4 is 0 Å². The second-order valence-electron chi connectivity index (χ2n) is 4.91. The molecule has 22 heavy (non-hydrogen) atoms. The predicted octanol–water partition coefficient (Wildman–Crippen LogP) is 2.49. The van der Waals surface area contributed by atoms with Crippen LogP contribution in [0.2, 0.25) is 0 Å². The van der Waals surface area contributed by atoms with Gasteiger partial charge in [0.2, 0.25) is 0 Å². The molecule has 2 aromatic carbocycles. The van der Waals surface area contributed by atoms with Crippen LogP contribution in [0.4, 0.5) is 8.78 Å². The number of halogens is 2. The Balaban J connectivity index is 2.18. The summed E-state index contributed by atoms with van der Waals surface area (Å²) in [7, 11) is 0. The van der Waals surface area contributed by atoms with Crippen LogP contribution in [0, 0.1) is 11.6 Å². The standard InChI is InChI=1S/C16H13F2N3O/c17-14-7-3-1-5-12(14)16(22,9-21-11-19-10-20-21)13-6-2-4-8-15(13)18/h1-8,10-11,22H,9H2. The molecule has 0 atom stereocenters. The lowest BCUT2D eigenvalue weighted by Gasteiger charge is -2.29. The van der Waals surface area contributed by atoms with Crippen molar-refractivity contribution < 1.29 is 13.9 Å². The topological polar surface area (TPSA) is 50.9 Å². The zero-order valence-corrected chi connectivity index (χ0v) is 11.5. The summed E-state index contributed by atoms with van der Waals surface area (Å²) >= 11 is 0. The smallest absolute Gasteiger partial charge is 0.140 e. The van der Waals surface area contributed by atoms with Crippen molar-refractivity contribution in [2.45, 2.75) is 12.1 Å². The molecule has 0 aliphatic carbocycles. The van der Waals surface area contributed by atoms with Gasteiger partial charge in [0.25, 0.3) is 0 Å². The van der Waals surface area contributed by atoms with Crippen LogP contribution in [0.1, 0.15) is 11.1 Å². The fraction of sp³-hybridized carbons (Fsp3) is 0.125. The summed E-state index contributed by atoms with van der Waals surface area (Å²) in [5.74, 6) is -1.23. The molecule has 0 saturated heterocycles. The van der Waals surface area contributed by atoms with Crippen molar-refractivity contribution in [2.24, 2.45) is 0 Å². The minimum atomic E-state index is -1.90. The van der Waals surface area contributed by atoms with E-state index in [1.54, 1.807) is 12.1 Å². The van der Waals surface area contributed by atoms with Gasteiger partial charge in [0, 0.05) is 11.1 Å². The molecule has 4 nitrogen and oxygen atoms in total. The highest BCUT2D eigenvalue weighted by atomic mass is 19.1. The molecule has 6 heteroatoms. The van der Waals surface area contributed by atoms with Crippen molar-refractivity contribution in [2.75, 3.05) is 0 Å². The highest BCUT2D eigenvalue weighted by Crippen LogP contribution is 2.34. The van der Waals surface area contributed by atoms with Crippen molar-refractivity contribution in [1.82, 2.24) is 14.8 Å². The molecule has 0 amide bonds. The minimum Gasteiger partial charge on any atom is -0.378 e. The van der Waals surface area contributed by atoms with Gasteiger partial charge in [-0.05, 0) is 12.1 Å². The lowest BCUT2D eigenvalue weighted by atomic mass is 9.85. The zero-order valence-electron chi connectivity index (χ0n) is 11.5. The summed E-state index contributed by atoms with van der Waals surface area (Å²) < 4.78 is 29.7. The van der Waals surface area contributed by atoms with Crippen molar-refractivity contribution in [3.05, 3.63) is 83.9 Å². The third-order valence-corrected chi connectivity index (χ3v) is 3.50. The summed E-state index contributed by atoms with van der Waals surface area (Å²) in [5, 5.41) is 15.0. The SMILES string of the molecule is OC(Cn1cncn1)(c1ccccc1F)c1ccccc1F. The summed E-state index contributed by atoms with van der Waals surface area (Å²) in [4.78, 5) is 3.79. The Hall–Kier alpha value is -2.60. The number of hydrogen-bond acceptors (Lipinski definition) is 3. The second-order valence-corrected chi connectivity index (χ2v) is 4.91. The molecule has 0 unspecified atom stereocenters. The Kier molecular flexibility index (Phi) is 3.68. The molecule has 112 valence electrons. The number of benzene rings is 2. The van der Waals surface area contributed by atoms with E-state index in [-0.39, 0.29) is 17.7 Å². The first kappa shape index (κ1) is 14.3. The summed E-state index contributed by atoms with van der Waals surface area (Å²) in [5.41, 5.74) is -1.93. The third-order valence-electron chi connectivity index (χ3n) is 3.50. The Labute approximate surface area is 125 Å².